The number of amides is 2. The van der Waals surface area contributed by atoms with Crippen molar-refractivity contribution in [1.82, 2.24) is 4.98 Å². The molecule has 0 spiro atoms. The van der Waals surface area contributed by atoms with Crippen LogP contribution in [0.25, 0.3) is 22.4 Å². The first kappa shape index (κ1) is 28.1. The molecule has 0 aliphatic rings. The topological polar surface area (TPSA) is 150 Å². The number of aromatic nitrogens is 1. The number of pyridine rings is 1. The van der Waals surface area contributed by atoms with Crippen LogP contribution in [0.15, 0.2) is 72.8 Å². The average molecular weight is 556 g/mol. The normalized spacial score (nSPS) is 10.4. The van der Waals surface area contributed by atoms with Crippen LogP contribution in [-0.2, 0) is 4.79 Å². The zero-order valence-electron chi connectivity index (χ0n) is 21.6. The van der Waals surface area contributed by atoms with Crippen molar-refractivity contribution in [2.45, 2.75) is 13.3 Å². The average Bonchev–Trinajstić information content (AvgIpc) is 2.93. The molecule has 9 nitrogen and oxygen atoms in total. The van der Waals surface area contributed by atoms with Crippen molar-refractivity contribution in [2.75, 3.05) is 23.8 Å². The first-order valence-corrected chi connectivity index (χ1v) is 12.8. The SMILES string of the molecule is CCOc1ccccc1C(=O)Nc1nc(-c2ccc(Cl)cc2O)cc(-c2cccc(NC(=O)CCN)c2)c1C#N. The number of phenols is 1. The van der Waals surface area contributed by atoms with Gasteiger partial charge in [0, 0.05) is 34.8 Å². The summed E-state index contributed by atoms with van der Waals surface area (Å²) in [6.07, 6.45) is 0.155. The van der Waals surface area contributed by atoms with Gasteiger partial charge >= 0.3 is 0 Å². The number of nitrogens with zero attached hydrogens (tertiary/aromatic N) is 2. The van der Waals surface area contributed by atoms with Gasteiger partial charge < -0.3 is 26.2 Å². The lowest BCUT2D eigenvalue weighted by Crippen LogP contribution is -2.16. The highest BCUT2D eigenvalue weighted by atomic mass is 35.5. The second-order valence-electron chi connectivity index (χ2n) is 8.60. The molecule has 0 atom stereocenters. The van der Waals surface area contributed by atoms with Gasteiger partial charge in [-0.05, 0) is 61.0 Å². The number of rotatable bonds is 9. The second-order valence-corrected chi connectivity index (χ2v) is 9.04. The number of nitrogens with two attached hydrogens (primary N) is 1. The number of hydrogen-bond donors (Lipinski definition) is 4. The smallest absolute Gasteiger partial charge is 0.260 e. The summed E-state index contributed by atoms with van der Waals surface area (Å²) in [5.41, 5.74) is 7.96. The van der Waals surface area contributed by atoms with Gasteiger partial charge in [-0.1, -0.05) is 35.9 Å². The van der Waals surface area contributed by atoms with Gasteiger partial charge in [-0.3, -0.25) is 9.59 Å². The Balaban J connectivity index is 1.86. The predicted octanol–water partition coefficient (Wildman–Crippen LogP) is 5.58. The van der Waals surface area contributed by atoms with Crippen LogP contribution in [0.3, 0.4) is 0 Å². The van der Waals surface area contributed by atoms with E-state index in [1.807, 2.05) is 6.92 Å². The van der Waals surface area contributed by atoms with E-state index in [4.69, 9.17) is 22.1 Å². The lowest BCUT2D eigenvalue weighted by Gasteiger charge is -2.16. The summed E-state index contributed by atoms with van der Waals surface area (Å²) in [5.74, 6) is -0.536. The van der Waals surface area contributed by atoms with E-state index in [-0.39, 0.29) is 47.3 Å². The number of aromatic hydroxyl groups is 1. The van der Waals surface area contributed by atoms with E-state index in [2.05, 4.69) is 21.7 Å². The Morgan fingerprint density at radius 2 is 1.85 bits per heavy atom. The molecular formula is C30H26ClN5O4. The molecule has 4 aromatic rings. The third-order valence-corrected chi connectivity index (χ3v) is 6.09. The van der Waals surface area contributed by atoms with Gasteiger partial charge in [-0.15, -0.1) is 0 Å². The molecule has 40 heavy (non-hydrogen) atoms. The maximum absolute atomic E-state index is 13.4. The molecule has 202 valence electrons. The number of anilines is 2. The first-order valence-electron chi connectivity index (χ1n) is 12.4. The molecule has 0 bridgehead atoms. The number of halogens is 1. The summed E-state index contributed by atoms with van der Waals surface area (Å²) < 4.78 is 5.59. The maximum Gasteiger partial charge on any atom is 0.260 e. The van der Waals surface area contributed by atoms with E-state index in [1.54, 1.807) is 66.7 Å². The Morgan fingerprint density at radius 1 is 1.05 bits per heavy atom. The van der Waals surface area contributed by atoms with E-state index in [9.17, 15) is 20.0 Å². The molecule has 0 radical (unpaired) electrons. The van der Waals surface area contributed by atoms with Crippen molar-refractivity contribution < 1.29 is 19.4 Å². The molecule has 0 saturated heterocycles. The number of hydrogen-bond acceptors (Lipinski definition) is 7. The monoisotopic (exact) mass is 555 g/mol. The highest BCUT2D eigenvalue weighted by Crippen LogP contribution is 2.37. The molecule has 10 heteroatoms. The number of para-hydroxylation sites is 1. The standard InChI is InChI=1S/C30H26ClN5O4/c1-2-40-27-9-4-3-8-22(27)30(39)36-29-24(17-33)23(16-25(35-29)21-11-10-19(31)15-26(21)37)18-6-5-7-20(14-18)34-28(38)12-13-32/h3-11,14-16,37H,2,12-13,32H2,1H3,(H,34,38)(H,35,36,39). The quantitative estimate of drug-likeness (QED) is 0.210. The summed E-state index contributed by atoms with van der Waals surface area (Å²) in [7, 11) is 0. The van der Waals surface area contributed by atoms with Crippen LogP contribution in [0.2, 0.25) is 5.02 Å². The van der Waals surface area contributed by atoms with Crippen LogP contribution in [0.1, 0.15) is 29.3 Å². The second kappa shape index (κ2) is 12.8. The van der Waals surface area contributed by atoms with Crippen molar-refractivity contribution in [3.05, 3.63) is 88.9 Å². The van der Waals surface area contributed by atoms with Gasteiger partial charge in [0.15, 0.2) is 5.82 Å². The van der Waals surface area contributed by atoms with Crippen molar-refractivity contribution in [2.24, 2.45) is 5.73 Å². The fourth-order valence-electron chi connectivity index (χ4n) is 4.07. The molecule has 4 rings (SSSR count). The summed E-state index contributed by atoms with van der Waals surface area (Å²) in [6.45, 7) is 2.38. The molecule has 5 N–H and O–H groups in total. The molecule has 0 aliphatic carbocycles. The van der Waals surface area contributed by atoms with Crippen LogP contribution < -0.4 is 21.1 Å². The van der Waals surface area contributed by atoms with Crippen molar-refractivity contribution in [1.29, 1.82) is 5.26 Å². The van der Waals surface area contributed by atoms with Crippen molar-refractivity contribution >= 4 is 34.9 Å². The fourth-order valence-corrected chi connectivity index (χ4v) is 4.23. The van der Waals surface area contributed by atoms with Crippen LogP contribution in [0, 0.1) is 11.3 Å². The summed E-state index contributed by atoms with van der Waals surface area (Å²) in [5, 5.41) is 26.7. The summed E-state index contributed by atoms with van der Waals surface area (Å²) in [4.78, 5) is 30.0. The number of benzene rings is 3. The number of carbonyl (C=O) groups is 2. The zero-order chi connectivity index (χ0) is 28.6. The Hall–Kier alpha value is -4.91. The predicted molar refractivity (Wildman–Crippen MR) is 154 cm³/mol. The number of phenolic OH excluding ortho intramolecular Hbond substituents is 1. The molecule has 3 aromatic carbocycles. The van der Waals surface area contributed by atoms with Crippen LogP contribution in [0.4, 0.5) is 11.5 Å². The minimum atomic E-state index is -0.528. The van der Waals surface area contributed by atoms with Gasteiger partial charge in [-0.2, -0.15) is 5.26 Å². The highest BCUT2D eigenvalue weighted by Gasteiger charge is 2.21. The van der Waals surface area contributed by atoms with Crippen molar-refractivity contribution in [3.63, 3.8) is 0 Å². The van der Waals surface area contributed by atoms with Crippen LogP contribution >= 0.6 is 11.6 Å². The first-order chi connectivity index (χ1) is 19.3. The van der Waals surface area contributed by atoms with Gasteiger partial charge in [0.1, 0.15) is 23.1 Å². The molecule has 0 saturated carbocycles. The van der Waals surface area contributed by atoms with Gasteiger partial charge in [0.25, 0.3) is 5.91 Å². The van der Waals surface area contributed by atoms with Crippen molar-refractivity contribution in [3.8, 4) is 40.0 Å². The number of nitrogens with one attached hydrogen (secondary N) is 2. The van der Waals surface area contributed by atoms with Gasteiger partial charge in [-0.25, -0.2) is 4.98 Å². The summed E-state index contributed by atoms with van der Waals surface area (Å²) >= 11 is 6.03. The lowest BCUT2D eigenvalue weighted by molar-refractivity contribution is -0.116. The molecule has 0 aliphatic heterocycles. The minimum absolute atomic E-state index is 0.0155. The van der Waals surface area contributed by atoms with Gasteiger partial charge in [0.05, 0.1) is 17.9 Å². The number of carbonyl (C=O) groups excluding carboxylic acids is 2. The molecule has 0 unspecified atom stereocenters. The molecule has 1 aromatic heterocycles. The van der Waals surface area contributed by atoms with Gasteiger partial charge in [0.2, 0.25) is 5.91 Å². The maximum atomic E-state index is 13.4. The third kappa shape index (κ3) is 6.38. The van der Waals surface area contributed by atoms with E-state index in [1.165, 1.54) is 6.07 Å². The molecule has 0 fully saturated rings. The molecular weight excluding hydrogens is 530 g/mol. The van der Waals surface area contributed by atoms with E-state index in [0.717, 1.165) is 0 Å². The fraction of sp³-hybridized carbons (Fsp3) is 0.133. The molecule has 1 heterocycles. The van der Waals surface area contributed by atoms with Crippen LogP contribution in [-0.4, -0.2) is 35.1 Å². The Kier molecular flexibility index (Phi) is 8.96. The third-order valence-electron chi connectivity index (χ3n) is 5.86. The van der Waals surface area contributed by atoms with E-state index >= 15 is 0 Å². The Bertz CT molecular complexity index is 1620. The largest absolute Gasteiger partial charge is 0.507 e. The highest BCUT2D eigenvalue weighted by molar-refractivity contribution is 6.30. The summed E-state index contributed by atoms with van der Waals surface area (Å²) in [6, 6.07) is 22.0. The Morgan fingerprint density at radius 3 is 2.58 bits per heavy atom. The minimum Gasteiger partial charge on any atom is -0.507 e. The number of ether oxygens (including phenoxy) is 1. The van der Waals surface area contributed by atoms with E-state index < -0.39 is 5.91 Å². The zero-order valence-corrected chi connectivity index (χ0v) is 22.3. The number of nitriles is 1. The molecule has 2 amide bonds. The van der Waals surface area contributed by atoms with Crippen LogP contribution in [0.5, 0.6) is 11.5 Å². The lowest BCUT2D eigenvalue weighted by atomic mass is 9.97. The Labute approximate surface area is 236 Å². The van der Waals surface area contributed by atoms with E-state index in [0.29, 0.717) is 39.8 Å².